The van der Waals surface area contributed by atoms with E-state index in [9.17, 15) is 4.79 Å². The molecule has 2 rings (SSSR count). The molecular formula is C11H19N3O2. The second-order valence-electron chi connectivity index (χ2n) is 5.07. The van der Waals surface area contributed by atoms with Crippen LogP contribution in [0.15, 0.2) is 5.16 Å². The van der Waals surface area contributed by atoms with Gasteiger partial charge in [-0.3, -0.25) is 4.79 Å². The van der Waals surface area contributed by atoms with Gasteiger partial charge in [0.15, 0.2) is 5.84 Å². The number of likely N-dealkylation sites (N-methyl/N-ethyl adjacent to an activating group) is 1. The van der Waals surface area contributed by atoms with E-state index in [0.29, 0.717) is 0 Å². The van der Waals surface area contributed by atoms with Crippen LogP contribution in [-0.2, 0) is 4.79 Å². The Balaban J connectivity index is 1.93. The maximum absolute atomic E-state index is 12.1. The summed E-state index contributed by atoms with van der Waals surface area (Å²) in [5.41, 5.74) is 5.50. The number of amides is 1. The van der Waals surface area contributed by atoms with Crippen molar-refractivity contribution in [3.8, 4) is 0 Å². The fraction of sp³-hybridized carbons (Fsp3) is 0.818. The van der Waals surface area contributed by atoms with Gasteiger partial charge in [-0.05, 0) is 38.0 Å². The van der Waals surface area contributed by atoms with Crippen molar-refractivity contribution in [1.82, 2.24) is 4.90 Å². The molecule has 0 spiro atoms. The SMILES string of the molecule is CC(C(N)=NO)N(C)C(=O)C1CC2CC2C1. The predicted molar refractivity (Wildman–Crippen MR) is 60.0 cm³/mol. The molecule has 5 nitrogen and oxygen atoms in total. The van der Waals surface area contributed by atoms with Crippen molar-refractivity contribution in [3.05, 3.63) is 0 Å². The van der Waals surface area contributed by atoms with E-state index >= 15 is 0 Å². The molecule has 5 heteroatoms. The Hall–Kier alpha value is -1.26. The third-order valence-electron chi connectivity index (χ3n) is 4.06. The first-order valence-corrected chi connectivity index (χ1v) is 5.78. The summed E-state index contributed by atoms with van der Waals surface area (Å²) < 4.78 is 0. The molecule has 2 aliphatic rings. The number of fused-ring (bicyclic) bond motifs is 1. The number of rotatable bonds is 3. The van der Waals surface area contributed by atoms with E-state index in [1.807, 2.05) is 0 Å². The van der Waals surface area contributed by atoms with E-state index < -0.39 is 0 Å². The van der Waals surface area contributed by atoms with E-state index in [4.69, 9.17) is 10.9 Å². The van der Waals surface area contributed by atoms with Crippen LogP contribution in [-0.4, -0.2) is 34.9 Å². The van der Waals surface area contributed by atoms with Crippen molar-refractivity contribution in [1.29, 1.82) is 0 Å². The summed E-state index contributed by atoms with van der Waals surface area (Å²) in [5.74, 6) is 1.95. The molecule has 2 fully saturated rings. The molecule has 0 aromatic rings. The van der Waals surface area contributed by atoms with Gasteiger partial charge in [-0.2, -0.15) is 0 Å². The summed E-state index contributed by atoms with van der Waals surface area (Å²) in [4.78, 5) is 13.7. The summed E-state index contributed by atoms with van der Waals surface area (Å²) in [6.07, 6.45) is 3.36. The minimum Gasteiger partial charge on any atom is -0.409 e. The largest absolute Gasteiger partial charge is 0.409 e. The standard InChI is InChI=1S/C11H19N3O2/c1-6(10(12)13-16)14(2)11(15)9-4-7-3-8(7)5-9/h6-9,16H,3-5H2,1-2H3,(H2,12,13). The molecule has 0 aliphatic heterocycles. The highest BCUT2D eigenvalue weighted by molar-refractivity contribution is 5.90. The zero-order chi connectivity index (χ0) is 11.9. The van der Waals surface area contributed by atoms with Crippen molar-refractivity contribution >= 4 is 11.7 Å². The first-order chi connectivity index (χ1) is 7.54. The lowest BCUT2D eigenvalue weighted by Crippen LogP contribution is -2.46. The van der Waals surface area contributed by atoms with Crippen LogP contribution < -0.4 is 5.73 Å². The Bertz CT molecular complexity index is 319. The zero-order valence-electron chi connectivity index (χ0n) is 9.76. The molecule has 2 aliphatic carbocycles. The molecule has 0 aromatic carbocycles. The predicted octanol–water partition coefficient (Wildman–Crippen LogP) is 0.626. The number of amidine groups is 1. The number of nitrogens with two attached hydrogens (primary N) is 1. The Morgan fingerprint density at radius 3 is 2.50 bits per heavy atom. The zero-order valence-corrected chi connectivity index (χ0v) is 9.76. The average molecular weight is 225 g/mol. The molecule has 0 bridgehead atoms. The first kappa shape index (κ1) is 11.2. The van der Waals surface area contributed by atoms with E-state index in [2.05, 4.69) is 5.16 Å². The van der Waals surface area contributed by atoms with Crippen molar-refractivity contribution < 1.29 is 10.0 Å². The molecule has 90 valence electrons. The summed E-state index contributed by atoms with van der Waals surface area (Å²) in [7, 11) is 1.72. The molecular weight excluding hydrogens is 206 g/mol. The lowest BCUT2D eigenvalue weighted by Gasteiger charge is -2.27. The van der Waals surface area contributed by atoms with E-state index in [-0.39, 0.29) is 23.7 Å². The fourth-order valence-corrected chi connectivity index (χ4v) is 2.68. The van der Waals surface area contributed by atoms with Gasteiger partial charge >= 0.3 is 0 Å². The summed E-state index contributed by atoms with van der Waals surface area (Å²) in [5, 5.41) is 11.5. The van der Waals surface area contributed by atoms with Gasteiger partial charge in [0.25, 0.3) is 0 Å². The van der Waals surface area contributed by atoms with Crippen LogP contribution in [0.3, 0.4) is 0 Å². The maximum atomic E-state index is 12.1. The van der Waals surface area contributed by atoms with Crippen LogP contribution in [0.4, 0.5) is 0 Å². The number of carbonyl (C=O) groups is 1. The van der Waals surface area contributed by atoms with E-state index in [1.54, 1.807) is 18.9 Å². The van der Waals surface area contributed by atoms with Crippen molar-refractivity contribution in [2.75, 3.05) is 7.05 Å². The lowest BCUT2D eigenvalue weighted by atomic mass is 10.0. The average Bonchev–Trinajstić information content (AvgIpc) is 2.92. The quantitative estimate of drug-likeness (QED) is 0.320. The maximum Gasteiger partial charge on any atom is 0.226 e. The van der Waals surface area contributed by atoms with Gasteiger partial charge in [-0.15, -0.1) is 0 Å². The highest BCUT2D eigenvalue weighted by Crippen LogP contribution is 2.54. The molecule has 0 saturated heterocycles. The van der Waals surface area contributed by atoms with Gasteiger partial charge in [0, 0.05) is 13.0 Å². The highest BCUT2D eigenvalue weighted by Gasteiger charge is 2.48. The second kappa shape index (κ2) is 3.96. The fourth-order valence-electron chi connectivity index (χ4n) is 2.68. The Morgan fingerprint density at radius 1 is 1.44 bits per heavy atom. The number of nitrogens with zero attached hydrogens (tertiary/aromatic N) is 2. The van der Waals surface area contributed by atoms with Crippen LogP contribution in [0.5, 0.6) is 0 Å². The van der Waals surface area contributed by atoms with Gasteiger partial charge in [0.2, 0.25) is 5.91 Å². The number of carbonyl (C=O) groups excluding carboxylic acids is 1. The molecule has 3 N–H and O–H groups in total. The normalized spacial score (nSPS) is 34.4. The second-order valence-corrected chi connectivity index (χ2v) is 5.07. The Labute approximate surface area is 95.3 Å². The minimum atomic E-state index is -0.338. The number of oxime groups is 1. The molecule has 16 heavy (non-hydrogen) atoms. The molecule has 3 unspecified atom stereocenters. The van der Waals surface area contributed by atoms with Gasteiger partial charge in [0.05, 0.1) is 6.04 Å². The van der Waals surface area contributed by atoms with Crippen molar-refractivity contribution in [3.63, 3.8) is 0 Å². The van der Waals surface area contributed by atoms with Gasteiger partial charge < -0.3 is 15.8 Å². The number of hydrogen-bond donors (Lipinski definition) is 2. The topological polar surface area (TPSA) is 78.9 Å². The summed E-state index contributed by atoms with van der Waals surface area (Å²) >= 11 is 0. The van der Waals surface area contributed by atoms with E-state index in [1.165, 1.54) is 6.42 Å². The van der Waals surface area contributed by atoms with Crippen molar-refractivity contribution in [2.45, 2.75) is 32.2 Å². The minimum absolute atomic E-state index is 0.0824. The van der Waals surface area contributed by atoms with Crippen LogP contribution >= 0.6 is 0 Å². The van der Waals surface area contributed by atoms with Crippen LogP contribution in [0.25, 0.3) is 0 Å². The van der Waals surface area contributed by atoms with Crippen molar-refractivity contribution in [2.24, 2.45) is 28.6 Å². The molecule has 0 heterocycles. The van der Waals surface area contributed by atoms with Gasteiger partial charge in [-0.1, -0.05) is 5.16 Å². The smallest absolute Gasteiger partial charge is 0.226 e. The summed E-state index contributed by atoms with van der Waals surface area (Å²) in [6.45, 7) is 1.77. The molecule has 2 saturated carbocycles. The molecule has 0 radical (unpaired) electrons. The molecule has 3 atom stereocenters. The Kier molecular flexibility index (Phi) is 2.78. The monoisotopic (exact) mass is 225 g/mol. The van der Waals surface area contributed by atoms with Gasteiger partial charge in [0.1, 0.15) is 0 Å². The third kappa shape index (κ3) is 1.86. The summed E-state index contributed by atoms with van der Waals surface area (Å²) in [6, 6.07) is -0.338. The first-order valence-electron chi connectivity index (χ1n) is 5.78. The highest BCUT2D eigenvalue weighted by atomic mass is 16.4. The van der Waals surface area contributed by atoms with Crippen LogP contribution in [0.2, 0.25) is 0 Å². The molecule has 1 amide bonds. The van der Waals surface area contributed by atoms with Crippen LogP contribution in [0, 0.1) is 17.8 Å². The van der Waals surface area contributed by atoms with Crippen LogP contribution in [0.1, 0.15) is 26.2 Å². The molecule has 0 aromatic heterocycles. The Morgan fingerprint density at radius 2 is 2.00 bits per heavy atom. The van der Waals surface area contributed by atoms with Gasteiger partial charge in [-0.25, -0.2) is 0 Å². The third-order valence-corrected chi connectivity index (χ3v) is 4.06. The number of hydrogen-bond acceptors (Lipinski definition) is 3. The van der Waals surface area contributed by atoms with E-state index in [0.717, 1.165) is 24.7 Å². The lowest BCUT2D eigenvalue weighted by molar-refractivity contribution is -0.135.